The average Bonchev–Trinajstić information content (AvgIpc) is 3.37. The standard InChI is InChI=1S/C65H98O6/c1-4-7-10-13-16-19-22-25-28-30-32-34-37-40-43-46-49-52-55-58-64(67)70-61-62(60-69-63(66)57-54-51-48-45-42-39-36-27-24-21-18-15-12-9-6-3)71-65(68)59-56-53-50-47-44-41-38-35-33-31-29-26-23-20-17-14-11-8-5-2/h7-8,10-11,16-21,25-29,32-36,40-45,49,52,62H,4-6,9,12-15,22-24,30-31,37-39,46-48,50-51,53-61H2,1-3H3/b10-7-,11-8-,19-16-,20-17-,21-18-,28-25-,29-26-,34-32-,35-33-,36-27-,43-40-,44-41-,45-42-,52-49-/t62-/m0/s1. The molecule has 0 N–H and O–H groups in total. The molecule has 0 aliphatic heterocycles. The number of carbonyl (C=O) groups excluding carboxylic acids is 3. The largest absolute Gasteiger partial charge is 0.462 e. The van der Waals surface area contributed by atoms with E-state index in [1.54, 1.807) is 0 Å². The summed E-state index contributed by atoms with van der Waals surface area (Å²) in [4.78, 5) is 38.1. The van der Waals surface area contributed by atoms with Crippen molar-refractivity contribution < 1.29 is 28.6 Å². The van der Waals surface area contributed by atoms with Gasteiger partial charge in [0.25, 0.3) is 0 Å². The van der Waals surface area contributed by atoms with Crippen molar-refractivity contribution in [2.75, 3.05) is 13.2 Å². The highest BCUT2D eigenvalue weighted by Crippen LogP contribution is 2.10. The van der Waals surface area contributed by atoms with Gasteiger partial charge in [-0.3, -0.25) is 14.4 Å². The Morgan fingerprint density at radius 3 is 0.944 bits per heavy atom. The van der Waals surface area contributed by atoms with E-state index < -0.39 is 6.10 Å². The summed E-state index contributed by atoms with van der Waals surface area (Å²) < 4.78 is 16.7. The van der Waals surface area contributed by atoms with Crippen molar-refractivity contribution in [2.45, 2.75) is 207 Å². The van der Waals surface area contributed by atoms with Gasteiger partial charge >= 0.3 is 17.9 Å². The van der Waals surface area contributed by atoms with E-state index >= 15 is 0 Å². The van der Waals surface area contributed by atoms with E-state index in [0.29, 0.717) is 19.3 Å². The van der Waals surface area contributed by atoms with Gasteiger partial charge < -0.3 is 14.2 Å². The fraction of sp³-hybridized carbons (Fsp3) is 0.523. The van der Waals surface area contributed by atoms with Crippen molar-refractivity contribution in [1.82, 2.24) is 0 Å². The van der Waals surface area contributed by atoms with E-state index in [9.17, 15) is 14.4 Å². The highest BCUT2D eigenvalue weighted by atomic mass is 16.6. The lowest BCUT2D eigenvalue weighted by Gasteiger charge is -2.18. The lowest BCUT2D eigenvalue weighted by molar-refractivity contribution is -0.166. The maximum atomic E-state index is 12.8. The van der Waals surface area contributed by atoms with Crippen molar-refractivity contribution in [3.8, 4) is 0 Å². The Kier molecular flexibility index (Phi) is 53.1. The normalized spacial score (nSPS) is 13.5. The van der Waals surface area contributed by atoms with Gasteiger partial charge in [-0.15, -0.1) is 0 Å². The summed E-state index contributed by atoms with van der Waals surface area (Å²) in [7, 11) is 0. The van der Waals surface area contributed by atoms with E-state index in [0.717, 1.165) is 116 Å². The van der Waals surface area contributed by atoms with E-state index in [2.05, 4.69) is 179 Å². The van der Waals surface area contributed by atoms with E-state index in [-0.39, 0.29) is 50.4 Å². The second kappa shape index (κ2) is 57.3. The molecule has 0 unspecified atom stereocenters. The van der Waals surface area contributed by atoms with Gasteiger partial charge in [0.05, 0.1) is 0 Å². The molecule has 0 aromatic rings. The molecule has 0 saturated heterocycles. The number of hydrogen-bond acceptors (Lipinski definition) is 6. The van der Waals surface area contributed by atoms with Crippen LogP contribution in [0.5, 0.6) is 0 Å². The lowest BCUT2D eigenvalue weighted by Crippen LogP contribution is -2.30. The smallest absolute Gasteiger partial charge is 0.306 e. The topological polar surface area (TPSA) is 78.9 Å². The lowest BCUT2D eigenvalue weighted by atomic mass is 10.1. The SMILES string of the molecule is CC/C=C\C/C=C\C/C=C\C/C=C\C/C=C\C/C=C\CCC(=O)OC[C@H](COC(=O)CCCC/C=C\C/C=C\C/C=C\CCCCC)OC(=O)CCCCC/C=C\C/C=C\C/C=C\C/C=C\C/C=C\CC. The van der Waals surface area contributed by atoms with Crippen LogP contribution in [0.4, 0.5) is 0 Å². The molecule has 0 rings (SSSR count). The number of ether oxygens (including phenoxy) is 3. The molecule has 6 heteroatoms. The molecule has 0 aliphatic carbocycles. The number of carbonyl (C=O) groups is 3. The Morgan fingerprint density at radius 2 is 0.577 bits per heavy atom. The molecule has 0 aromatic carbocycles. The summed E-state index contributed by atoms with van der Waals surface area (Å²) in [6.07, 6.45) is 84.9. The van der Waals surface area contributed by atoms with Crippen LogP contribution in [0.25, 0.3) is 0 Å². The molecule has 0 saturated carbocycles. The Balaban J connectivity index is 4.67. The van der Waals surface area contributed by atoms with Gasteiger partial charge in [-0.2, -0.15) is 0 Å². The first kappa shape index (κ1) is 65.8. The molecular weight excluding hydrogens is 877 g/mol. The second-order valence-corrected chi connectivity index (χ2v) is 17.4. The van der Waals surface area contributed by atoms with Crippen LogP contribution in [0.15, 0.2) is 170 Å². The number of unbranched alkanes of at least 4 members (excludes halogenated alkanes) is 8. The molecule has 0 aromatic heterocycles. The Morgan fingerprint density at radius 1 is 0.296 bits per heavy atom. The number of hydrogen-bond donors (Lipinski definition) is 0. The highest BCUT2D eigenvalue weighted by Gasteiger charge is 2.19. The first-order valence-electron chi connectivity index (χ1n) is 27.6. The Labute approximate surface area is 434 Å². The fourth-order valence-corrected chi connectivity index (χ4v) is 6.62. The molecule has 1 atom stereocenters. The van der Waals surface area contributed by atoms with Gasteiger partial charge in [0.2, 0.25) is 0 Å². The van der Waals surface area contributed by atoms with Crippen LogP contribution in [-0.2, 0) is 28.6 Å². The second-order valence-electron chi connectivity index (χ2n) is 17.4. The summed E-state index contributed by atoms with van der Waals surface area (Å²) in [6.45, 7) is 6.23. The molecule has 0 heterocycles. The molecule has 394 valence electrons. The zero-order valence-electron chi connectivity index (χ0n) is 44.9. The first-order valence-corrected chi connectivity index (χ1v) is 27.6. The first-order chi connectivity index (χ1) is 35.0. The summed E-state index contributed by atoms with van der Waals surface area (Å²) in [6, 6.07) is 0. The van der Waals surface area contributed by atoms with Crippen molar-refractivity contribution in [1.29, 1.82) is 0 Å². The molecule has 71 heavy (non-hydrogen) atoms. The van der Waals surface area contributed by atoms with Crippen LogP contribution in [0.1, 0.15) is 201 Å². The van der Waals surface area contributed by atoms with Crippen LogP contribution in [-0.4, -0.2) is 37.2 Å². The van der Waals surface area contributed by atoms with Crippen LogP contribution < -0.4 is 0 Å². The fourth-order valence-electron chi connectivity index (χ4n) is 6.62. The van der Waals surface area contributed by atoms with E-state index in [4.69, 9.17) is 14.2 Å². The molecule has 0 radical (unpaired) electrons. The maximum Gasteiger partial charge on any atom is 0.306 e. The third-order valence-electron chi connectivity index (χ3n) is 10.7. The van der Waals surface area contributed by atoms with Crippen molar-refractivity contribution in [3.05, 3.63) is 170 Å². The van der Waals surface area contributed by atoms with Crippen LogP contribution in [0, 0.1) is 0 Å². The molecular formula is C65H98O6. The molecule has 0 fully saturated rings. The molecule has 0 aliphatic rings. The van der Waals surface area contributed by atoms with Gasteiger partial charge in [0.1, 0.15) is 13.2 Å². The minimum atomic E-state index is -0.852. The number of allylic oxidation sites excluding steroid dienone is 28. The van der Waals surface area contributed by atoms with Gasteiger partial charge in [-0.05, 0) is 141 Å². The summed E-state index contributed by atoms with van der Waals surface area (Å²) in [5, 5.41) is 0. The Bertz CT molecular complexity index is 1690. The predicted molar refractivity (Wildman–Crippen MR) is 306 cm³/mol. The van der Waals surface area contributed by atoms with Gasteiger partial charge in [0, 0.05) is 19.3 Å². The van der Waals surface area contributed by atoms with Crippen LogP contribution >= 0.6 is 0 Å². The summed E-state index contributed by atoms with van der Waals surface area (Å²) in [5.41, 5.74) is 0. The van der Waals surface area contributed by atoms with Gasteiger partial charge in [-0.25, -0.2) is 0 Å². The number of esters is 3. The van der Waals surface area contributed by atoms with E-state index in [1.807, 2.05) is 12.2 Å². The molecule has 0 bridgehead atoms. The summed E-state index contributed by atoms with van der Waals surface area (Å²) in [5.74, 6) is -1.11. The average molecular weight is 975 g/mol. The molecule has 0 spiro atoms. The monoisotopic (exact) mass is 975 g/mol. The van der Waals surface area contributed by atoms with Crippen LogP contribution in [0.2, 0.25) is 0 Å². The zero-order valence-corrected chi connectivity index (χ0v) is 44.9. The molecule has 0 amide bonds. The van der Waals surface area contributed by atoms with Crippen molar-refractivity contribution in [3.63, 3.8) is 0 Å². The van der Waals surface area contributed by atoms with E-state index in [1.165, 1.54) is 25.7 Å². The third-order valence-corrected chi connectivity index (χ3v) is 10.7. The maximum absolute atomic E-state index is 12.8. The van der Waals surface area contributed by atoms with Crippen molar-refractivity contribution >= 4 is 17.9 Å². The number of rotatable bonds is 47. The summed E-state index contributed by atoms with van der Waals surface area (Å²) >= 11 is 0. The van der Waals surface area contributed by atoms with Crippen LogP contribution in [0.3, 0.4) is 0 Å². The van der Waals surface area contributed by atoms with Gasteiger partial charge in [0.15, 0.2) is 6.10 Å². The highest BCUT2D eigenvalue weighted by molar-refractivity contribution is 5.71. The minimum absolute atomic E-state index is 0.144. The van der Waals surface area contributed by atoms with Gasteiger partial charge in [-0.1, -0.05) is 210 Å². The quantitative estimate of drug-likeness (QED) is 0.0262. The Hall–Kier alpha value is -5.23. The molecule has 6 nitrogen and oxygen atoms in total. The third kappa shape index (κ3) is 55.6. The van der Waals surface area contributed by atoms with Crippen molar-refractivity contribution in [2.24, 2.45) is 0 Å². The zero-order chi connectivity index (χ0) is 51.4. The predicted octanol–water partition coefficient (Wildman–Crippen LogP) is 18.8. The minimum Gasteiger partial charge on any atom is -0.462 e.